The summed E-state index contributed by atoms with van der Waals surface area (Å²) in [5, 5.41) is 9.05. The molecule has 0 saturated carbocycles. The Morgan fingerprint density at radius 2 is 2.50 bits per heavy atom. The molecule has 4 heteroatoms. The first-order valence-corrected chi connectivity index (χ1v) is 5.07. The summed E-state index contributed by atoms with van der Waals surface area (Å²) in [6.07, 6.45) is 1.14. The Labute approximate surface area is 70.7 Å². The summed E-state index contributed by atoms with van der Waals surface area (Å²) in [6.45, 7) is 0. The quantitative estimate of drug-likeness (QED) is 0.624. The highest BCUT2D eigenvalue weighted by Crippen LogP contribution is 2.25. The number of ether oxygens (including phenoxy) is 1. The van der Waals surface area contributed by atoms with E-state index in [1.165, 1.54) is 0 Å². The molecule has 0 aromatic rings. The minimum absolute atomic E-state index is 0.168. The summed E-state index contributed by atoms with van der Waals surface area (Å²) in [6, 6.07) is 0. The van der Waals surface area contributed by atoms with Crippen molar-refractivity contribution in [3.8, 4) is 0 Å². The number of aliphatic hydroxyl groups excluding tert-OH is 1. The van der Waals surface area contributed by atoms with Gasteiger partial charge in [-0.3, -0.25) is 0 Å². The van der Waals surface area contributed by atoms with Crippen molar-refractivity contribution in [3.05, 3.63) is 0 Å². The van der Waals surface area contributed by atoms with Crippen LogP contribution in [0.4, 0.5) is 0 Å². The maximum Gasteiger partial charge on any atom is 0.156 e. The minimum Gasteiger partial charge on any atom is -0.368 e. The molecule has 1 aliphatic heterocycles. The molecule has 0 amide bonds. The summed E-state index contributed by atoms with van der Waals surface area (Å²) in [5.74, 6) is 1.82. The highest BCUT2D eigenvalue weighted by molar-refractivity contribution is 7.99. The summed E-state index contributed by atoms with van der Waals surface area (Å²) < 4.78 is 5.20. The van der Waals surface area contributed by atoms with Gasteiger partial charge in [0, 0.05) is 12.2 Å². The molecule has 0 spiro atoms. The van der Waals surface area contributed by atoms with E-state index in [1.807, 2.05) is 0 Å². The van der Waals surface area contributed by atoms with Crippen molar-refractivity contribution >= 4 is 24.4 Å². The summed E-state index contributed by atoms with van der Waals surface area (Å²) in [4.78, 5) is 0. The average molecular weight is 180 g/mol. The molecule has 1 heterocycles. The third-order valence-corrected chi connectivity index (χ3v) is 2.79. The van der Waals surface area contributed by atoms with Crippen LogP contribution in [-0.2, 0) is 4.74 Å². The van der Waals surface area contributed by atoms with Gasteiger partial charge < -0.3 is 9.84 Å². The van der Waals surface area contributed by atoms with Gasteiger partial charge in [0.1, 0.15) is 5.44 Å². The second-order valence-electron chi connectivity index (χ2n) is 2.19. The van der Waals surface area contributed by atoms with Crippen molar-refractivity contribution in [3.63, 3.8) is 0 Å². The minimum atomic E-state index is -0.536. The van der Waals surface area contributed by atoms with Crippen LogP contribution in [-0.4, -0.2) is 28.3 Å². The van der Waals surface area contributed by atoms with Gasteiger partial charge in [0.05, 0.1) is 0 Å². The number of hydrogen-bond donors (Lipinski definition) is 2. The lowest BCUT2D eigenvalue weighted by molar-refractivity contribution is -0.115. The van der Waals surface area contributed by atoms with Gasteiger partial charge in [-0.15, -0.1) is 11.8 Å². The van der Waals surface area contributed by atoms with Crippen molar-refractivity contribution < 1.29 is 9.84 Å². The van der Waals surface area contributed by atoms with Crippen molar-refractivity contribution in [2.45, 2.75) is 24.6 Å². The van der Waals surface area contributed by atoms with Gasteiger partial charge >= 0.3 is 0 Å². The van der Waals surface area contributed by atoms with Crippen LogP contribution >= 0.6 is 24.4 Å². The van der Waals surface area contributed by atoms with Gasteiger partial charge in [-0.2, -0.15) is 12.6 Å². The molecule has 1 aliphatic rings. The third kappa shape index (κ3) is 2.70. The predicted molar refractivity (Wildman–Crippen MR) is 46.4 cm³/mol. The van der Waals surface area contributed by atoms with Gasteiger partial charge in [-0.25, -0.2) is 0 Å². The second kappa shape index (κ2) is 4.49. The number of aliphatic hydroxyl groups is 1. The lowest BCUT2D eigenvalue weighted by Crippen LogP contribution is -2.25. The fourth-order valence-corrected chi connectivity index (χ4v) is 2.34. The van der Waals surface area contributed by atoms with Gasteiger partial charge in [0.25, 0.3) is 0 Å². The maximum atomic E-state index is 9.05. The largest absolute Gasteiger partial charge is 0.368 e. The molecule has 1 fully saturated rings. The Bertz CT molecular complexity index is 97.7. The fraction of sp³-hybridized carbons (Fsp3) is 1.00. The zero-order valence-electron chi connectivity index (χ0n) is 5.69. The lowest BCUT2D eigenvalue weighted by atomic mass is 10.4. The van der Waals surface area contributed by atoms with E-state index in [1.54, 1.807) is 11.8 Å². The van der Waals surface area contributed by atoms with Gasteiger partial charge in [-0.05, 0) is 12.2 Å². The third-order valence-electron chi connectivity index (χ3n) is 1.34. The SMILES string of the molecule is OC1CCSC(CCS)O1. The standard InChI is InChI=1S/C6H12O2S2/c7-5-2-4-10-6(8-5)1-3-9/h5-7,9H,1-4H2. The van der Waals surface area contributed by atoms with Crippen LogP contribution in [0, 0.1) is 0 Å². The Morgan fingerprint density at radius 1 is 1.70 bits per heavy atom. The molecule has 2 unspecified atom stereocenters. The molecule has 1 saturated heterocycles. The van der Waals surface area contributed by atoms with E-state index < -0.39 is 6.29 Å². The predicted octanol–water partition coefficient (Wildman–Crippen LogP) is 1.10. The van der Waals surface area contributed by atoms with Gasteiger partial charge in [0.15, 0.2) is 6.29 Å². The van der Waals surface area contributed by atoms with Crippen LogP contribution < -0.4 is 0 Å². The smallest absolute Gasteiger partial charge is 0.156 e. The van der Waals surface area contributed by atoms with E-state index in [4.69, 9.17) is 9.84 Å². The molecule has 1 N–H and O–H groups in total. The molecule has 0 bridgehead atoms. The van der Waals surface area contributed by atoms with Crippen LogP contribution in [0.3, 0.4) is 0 Å². The van der Waals surface area contributed by atoms with Gasteiger partial charge in [-0.1, -0.05) is 0 Å². The van der Waals surface area contributed by atoms with E-state index in [2.05, 4.69) is 12.6 Å². The van der Waals surface area contributed by atoms with Crippen LogP contribution in [0.5, 0.6) is 0 Å². The van der Waals surface area contributed by atoms with E-state index in [9.17, 15) is 0 Å². The van der Waals surface area contributed by atoms with Crippen molar-refractivity contribution in [2.24, 2.45) is 0 Å². The number of thioether (sulfide) groups is 1. The Balaban J connectivity index is 2.18. The lowest BCUT2D eigenvalue weighted by Gasteiger charge is -2.25. The number of rotatable bonds is 2. The van der Waals surface area contributed by atoms with Crippen molar-refractivity contribution in [2.75, 3.05) is 11.5 Å². The maximum absolute atomic E-state index is 9.05. The van der Waals surface area contributed by atoms with E-state index in [0.29, 0.717) is 0 Å². The van der Waals surface area contributed by atoms with Crippen LogP contribution in [0.1, 0.15) is 12.8 Å². The zero-order valence-corrected chi connectivity index (χ0v) is 7.40. The highest BCUT2D eigenvalue weighted by Gasteiger charge is 2.19. The normalized spacial score (nSPS) is 34.2. The number of hydrogen-bond acceptors (Lipinski definition) is 4. The monoisotopic (exact) mass is 180 g/mol. The summed E-state index contributed by atoms with van der Waals surface area (Å²) in [7, 11) is 0. The molecule has 0 radical (unpaired) electrons. The van der Waals surface area contributed by atoms with Crippen LogP contribution in [0.15, 0.2) is 0 Å². The first kappa shape index (κ1) is 8.71. The molecule has 10 heavy (non-hydrogen) atoms. The van der Waals surface area contributed by atoms with E-state index in [0.717, 1.165) is 24.3 Å². The molecule has 60 valence electrons. The van der Waals surface area contributed by atoms with Crippen LogP contribution in [0.2, 0.25) is 0 Å². The zero-order chi connectivity index (χ0) is 7.40. The summed E-state index contributed by atoms with van der Waals surface area (Å²) in [5.41, 5.74) is 0.168. The highest BCUT2D eigenvalue weighted by atomic mass is 32.2. The van der Waals surface area contributed by atoms with E-state index >= 15 is 0 Å². The molecule has 2 nitrogen and oxygen atoms in total. The Kier molecular flexibility index (Phi) is 3.91. The first-order chi connectivity index (χ1) is 4.83. The van der Waals surface area contributed by atoms with Crippen molar-refractivity contribution in [1.82, 2.24) is 0 Å². The first-order valence-electron chi connectivity index (χ1n) is 3.39. The average Bonchev–Trinajstić information content (AvgIpc) is 1.88. The molecule has 0 aromatic carbocycles. The Hall–Kier alpha value is 0.620. The molecule has 0 aromatic heterocycles. The van der Waals surface area contributed by atoms with Gasteiger partial charge in [0.2, 0.25) is 0 Å². The van der Waals surface area contributed by atoms with Crippen molar-refractivity contribution in [1.29, 1.82) is 0 Å². The molecular weight excluding hydrogens is 168 g/mol. The molecule has 0 aliphatic carbocycles. The Morgan fingerprint density at radius 3 is 3.10 bits per heavy atom. The van der Waals surface area contributed by atoms with Crippen LogP contribution in [0.25, 0.3) is 0 Å². The molecule has 1 rings (SSSR count). The number of thiol groups is 1. The van der Waals surface area contributed by atoms with E-state index in [-0.39, 0.29) is 5.44 Å². The molecule has 2 atom stereocenters. The second-order valence-corrected chi connectivity index (χ2v) is 3.91. The summed E-state index contributed by atoms with van der Waals surface area (Å²) >= 11 is 5.85. The fourth-order valence-electron chi connectivity index (χ4n) is 0.840. The molecular formula is C6H12O2S2. The topological polar surface area (TPSA) is 29.5 Å².